The Morgan fingerprint density at radius 2 is 2.00 bits per heavy atom. The van der Waals surface area contributed by atoms with Crippen molar-refractivity contribution < 1.29 is 4.74 Å². The number of hydrogen-bond donors (Lipinski definition) is 0. The Hall–Kier alpha value is -1.60. The summed E-state index contributed by atoms with van der Waals surface area (Å²) in [6.45, 7) is 9.72. The summed E-state index contributed by atoms with van der Waals surface area (Å²) in [7, 11) is 1.61. The van der Waals surface area contributed by atoms with Gasteiger partial charge in [-0.25, -0.2) is 4.98 Å². The van der Waals surface area contributed by atoms with Crippen LogP contribution in [0.15, 0.2) is 18.2 Å². The summed E-state index contributed by atoms with van der Waals surface area (Å²) in [5.74, 6) is 0.583. The molecule has 114 valence electrons. The molecule has 1 fully saturated rings. The van der Waals surface area contributed by atoms with E-state index in [4.69, 9.17) is 4.74 Å². The van der Waals surface area contributed by atoms with Crippen molar-refractivity contribution in [2.75, 3.05) is 26.7 Å². The molecule has 0 spiro atoms. The molecule has 0 bridgehead atoms. The number of pyridine rings is 1. The number of ether oxygens (including phenoxy) is 1. The van der Waals surface area contributed by atoms with Gasteiger partial charge in [0, 0.05) is 25.7 Å². The second-order valence-corrected chi connectivity index (χ2v) is 7.10. The number of hydrogen-bond acceptors (Lipinski definition) is 4. The van der Waals surface area contributed by atoms with Crippen LogP contribution in [0.4, 0.5) is 0 Å². The third-order valence-corrected chi connectivity index (χ3v) is 4.04. The van der Waals surface area contributed by atoms with Gasteiger partial charge in [0.1, 0.15) is 5.41 Å². The molecule has 4 nitrogen and oxygen atoms in total. The molecule has 0 N–H and O–H groups in total. The highest BCUT2D eigenvalue weighted by Gasteiger charge is 2.38. The Labute approximate surface area is 127 Å². The average Bonchev–Trinajstić information content (AvgIpc) is 2.47. The highest BCUT2D eigenvalue weighted by atomic mass is 16.5. The van der Waals surface area contributed by atoms with Crippen molar-refractivity contribution in [3.63, 3.8) is 0 Å². The molecule has 2 rings (SSSR count). The van der Waals surface area contributed by atoms with Crippen LogP contribution in [0.3, 0.4) is 0 Å². The maximum atomic E-state index is 9.73. The maximum Gasteiger partial charge on any atom is 0.213 e. The zero-order valence-corrected chi connectivity index (χ0v) is 13.5. The van der Waals surface area contributed by atoms with Gasteiger partial charge in [-0.1, -0.05) is 26.8 Å². The molecule has 1 aromatic heterocycles. The van der Waals surface area contributed by atoms with Crippen LogP contribution in [0, 0.1) is 16.7 Å². The zero-order valence-electron chi connectivity index (χ0n) is 13.5. The van der Waals surface area contributed by atoms with Crippen LogP contribution in [0.5, 0.6) is 5.88 Å². The van der Waals surface area contributed by atoms with Gasteiger partial charge < -0.3 is 9.64 Å². The van der Waals surface area contributed by atoms with E-state index in [1.54, 1.807) is 7.11 Å². The minimum Gasteiger partial charge on any atom is -0.481 e. The van der Waals surface area contributed by atoms with Crippen LogP contribution in [0.25, 0.3) is 0 Å². The van der Waals surface area contributed by atoms with Gasteiger partial charge in [0.15, 0.2) is 0 Å². The summed E-state index contributed by atoms with van der Waals surface area (Å²) in [5, 5.41) is 9.73. The van der Waals surface area contributed by atoms with E-state index in [-0.39, 0.29) is 0 Å². The molecule has 0 unspecified atom stereocenters. The molecular formula is C17H25N3O. The highest BCUT2D eigenvalue weighted by Crippen LogP contribution is 2.35. The molecule has 21 heavy (non-hydrogen) atoms. The molecular weight excluding hydrogens is 262 g/mol. The van der Waals surface area contributed by atoms with Crippen LogP contribution in [-0.2, 0) is 5.41 Å². The van der Waals surface area contributed by atoms with Gasteiger partial charge in [-0.15, -0.1) is 0 Å². The van der Waals surface area contributed by atoms with Crippen molar-refractivity contribution in [1.29, 1.82) is 5.26 Å². The van der Waals surface area contributed by atoms with Crippen molar-refractivity contribution in [3.05, 3.63) is 23.9 Å². The molecule has 0 aromatic carbocycles. The molecule has 0 radical (unpaired) electrons. The Morgan fingerprint density at radius 3 is 2.52 bits per heavy atom. The molecule has 4 heteroatoms. The Kier molecular flexibility index (Phi) is 4.53. The summed E-state index contributed by atoms with van der Waals surface area (Å²) < 4.78 is 5.19. The normalized spacial score (nSPS) is 19.0. The zero-order chi connectivity index (χ0) is 15.5. The Morgan fingerprint density at radius 1 is 1.33 bits per heavy atom. The van der Waals surface area contributed by atoms with Crippen molar-refractivity contribution in [2.45, 2.75) is 39.0 Å². The molecule has 0 saturated carbocycles. The monoisotopic (exact) mass is 287 g/mol. The maximum absolute atomic E-state index is 9.73. The molecule has 0 atom stereocenters. The first kappa shape index (κ1) is 15.8. The van der Waals surface area contributed by atoms with E-state index in [1.165, 1.54) is 0 Å². The fourth-order valence-corrected chi connectivity index (χ4v) is 2.98. The molecule has 0 amide bonds. The standard InChI is InChI=1S/C17H25N3O/c1-16(2,3)13-20-10-8-17(12-18,9-11-20)14-6-5-7-15(19-14)21-4/h5-7H,8-11,13H2,1-4H3. The number of rotatable bonds is 3. The van der Waals surface area contributed by atoms with Crippen molar-refractivity contribution in [1.82, 2.24) is 9.88 Å². The Bertz CT molecular complexity index is 520. The summed E-state index contributed by atoms with van der Waals surface area (Å²) in [5.41, 5.74) is 0.670. The van der Waals surface area contributed by atoms with E-state index in [0.717, 1.165) is 38.2 Å². The van der Waals surface area contributed by atoms with Crippen LogP contribution in [0.2, 0.25) is 0 Å². The van der Waals surface area contributed by atoms with Gasteiger partial charge >= 0.3 is 0 Å². The second kappa shape index (κ2) is 6.03. The van der Waals surface area contributed by atoms with Crippen LogP contribution in [0.1, 0.15) is 39.3 Å². The lowest BCUT2D eigenvalue weighted by Gasteiger charge is -2.39. The molecule has 2 heterocycles. The minimum absolute atomic E-state index is 0.293. The molecule has 1 saturated heterocycles. The van der Waals surface area contributed by atoms with E-state index in [9.17, 15) is 5.26 Å². The summed E-state index contributed by atoms with van der Waals surface area (Å²) >= 11 is 0. The smallest absolute Gasteiger partial charge is 0.213 e. The summed E-state index contributed by atoms with van der Waals surface area (Å²) in [4.78, 5) is 6.95. The number of nitriles is 1. The Balaban J connectivity index is 2.13. The number of aromatic nitrogens is 1. The predicted molar refractivity (Wildman–Crippen MR) is 83.2 cm³/mol. The van der Waals surface area contributed by atoms with Gasteiger partial charge in [-0.3, -0.25) is 0 Å². The van der Waals surface area contributed by atoms with E-state index < -0.39 is 5.41 Å². The third-order valence-electron chi connectivity index (χ3n) is 4.04. The van der Waals surface area contributed by atoms with Crippen molar-refractivity contribution >= 4 is 0 Å². The van der Waals surface area contributed by atoms with E-state index in [2.05, 4.69) is 36.7 Å². The molecule has 1 aliphatic rings. The van der Waals surface area contributed by atoms with Gasteiger partial charge in [0.2, 0.25) is 5.88 Å². The van der Waals surface area contributed by atoms with Crippen LogP contribution in [-0.4, -0.2) is 36.6 Å². The first-order valence-electron chi connectivity index (χ1n) is 7.54. The highest BCUT2D eigenvalue weighted by molar-refractivity contribution is 5.30. The quantitative estimate of drug-likeness (QED) is 0.857. The van der Waals surface area contributed by atoms with Crippen LogP contribution >= 0.6 is 0 Å². The molecule has 1 aromatic rings. The predicted octanol–water partition coefficient (Wildman–Crippen LogP) is 2.99. The second-order valence-electron chi connectivity index (χ2n) is 7.10. The van der Waals surface area contributed by atoms with Gasteiger partial charge in [0.05, 0.1) is 18.9 Å². The number of methoxy groups -OCH3 is 1. The van der Waals surface area contributed by atoms with Gasteiger partial charge in [-0.05, 0) is 24.3 Å². The van der Waals surface area contributed by atoms with E-state index in [0.29, 0.717) is 11.3 Å². The van der Waals surface area contributed by atoms with E-state index in [1.807, 2.05) is 18.2 Å². The minimum atomic E-state index is -0.469. The van der Waals surface area contributed by atoms with Gasteiger partial charge in [0.25, 0.3) is 0 Å². The first-order chi connectivity index (χ1) is 9.88. The largest absolute Gasteiger partial charge is 0.481 e. The first-order valence-corrected chi connectivity index (χ1v) is 7.54. The molecule has 1 aliphatic heterocycles. The fourth-order valence-electron chi connectivity index (χ4n) is 2.98. The topological polar surface area (TPSA) is 49.1 Å². The van der Waals surface area contributed by atoms with E-state index >= 15 is 0 Å². The number of likely N-dealkylation sites (tertiary alicyclic amines) is 1. The number of piperidine rings is 1. The fraction of sp³-hybridized carbons (Fsp3) is 0.647. The average molecular weight is 287 g/mol. The van der Waals surface area contributed by atoms with Crippen molar-refractivity contribution in [2.24, 2.45) is 5.41 Å². The van der Waals surface area contributed by atoms with Crippen LogP contribution < -0.4 is 4.74 Å². The summed E-state index contributed by atoms with van der Waals surface area (Å²) in [6.07, 6.45) is 1.67. The van der Waals surface area contributed by atoms with Gasteiger partial charge in [-0.2, -0.15) is 5.26 Å². The third kappa shape index (κ3) is 3.74. The lowest BCUT2D eigenvalue weighted by molar-refractivity contribution is 0.136. The lowest BCUT2D eigenvalue weighted by Crippen LogP contribution is -2.45. The number of nitrogens with zero attached hydrogens (tertiary/aromatic N) is 3. The molecule has 0 aliphatic carbocycles. The summed E-state index contributed by atoms with van der Waals surface area (Å²) in [6, 6.07) is 8.21. The SMILES string of the molecule is COc1cccc(C2(C#N)CCN(CC(C)(C)C)CC2)n1. The lowest BCUT2D eigenvalue weighted by atomic mass is 9.76. The van der Waals surface area contributed by atoms with Crippen molar-refractivity contribution in [3.8, 4) is 11.9 Å².